The molecule has 1 rings (SSSR count). The Morgan fingerprint density at radius 3 is 2.05 bits per heavy atom. The van der Waals surface area contributed by atoms with E-state index in [-0.39, 0.29) is 11.3 Å². The molecule has 118 valence electrons. The van der Waals surface area contributed by atoms with Gasteiger partial charge < -0.3 is 15.3 Å². The summed E-state index contributed by atoms with van der Waals surface area (Å²) in [5.41, 5.74) is 0.357. The third-order valence-electron chi connectivity index (χ3n) is 3.76. The summed E-state index contributed by atoms with van der Waals surface area (Å²) in [5.74, 6) is -2.06. The van der Waals surface area contributed by atoms with Crippen molar-refractivity contribution >= 4 is 5.97 Å². The van der Waals surface area contributed by atoms with Crippen LogP contribution in [0.4, 0.5) is 0 Å². The number of aromatic hydroxyl groups is 2. The molecule has 0 spiro atoms. The third-order valence-corrected chi connectivity index (χ3v) is 3.76. The summed E-state index contributed by atoms with van der Waals surface area (Å²) < 4.78 is 0. The number of phenolic OH excluding ortho intramolecular Hbond substituents is 1. The molecule has 0 bridgehead atoms. The zero-order valence-electron chi connectivity index (χ0n) is 12.8. The highest BCUT2D eigenvalue weighted by atomic mass is 16.4. The van der Waals surface area contributed by atoms with Crippen molar-refractivity contribution in [3.8, 4) is 11.5 Å². The molecule has 0 saturated carbocycles. The van der Waals surface area contributed by atoms with Gasteiger partial charge in [0, 0.05) is 0 Å². The molecule has 0 aliphatic heterocycles. The minimum Gasteiger partial charge on any atom is -0.504 e. The van der Waals surface area contributed by atoms with Crippen molar-refractivity contribution in [2.24, 2.45) is 0 Å². The van der Waals surface area contributed by atoms with Crippen LogP contribution >= 0.6 is 0 Å². The lowest BCUT2D eigenvalue weighted by molar-refractivity contribution is 0.0693. The first-order valence-corrected chi connectivity index (χ1v) is 7.85. The third kappa shape index (κ3) is 5.66. The van der Waals surface area contributed by atoms with E-state index in [1.807, 2.05) is 0 Å². The quantitative estimate of drug-likeness (QED) is 0.439. The van der Waals surface area contributed by atoms with Crippen LogP contribution in [0.5, 0.6) is 11.5 Å². The normalized spacial score (nSPS) is 10.7. The molecular weight excluding hydrogens is 268 g/mol. The van der Waals surface area contributed by atoms with Crippen LogP contribution in [0.2, 0.25) is 0 Å². The molecule has 0 radical (unpaired) electrons. The second kappa shape index (κ2) is 9.27. The average molecular weight is 294 g/mol. The maximum atomic E-state index is 10.8. The van der Waals surface area contributed by atoms with Gasteiger partial charge in [0.05, 0.1) is 0 Å². The SMILES string of the molecule is CCCCCCCCCCc1ccc(C(=O)O)c(O)c1O. The van der Waals surface area contributed by atoms with Crippen LogP contribution in [-0.2, 0) is 6.42 Å². The topological polar surface area (TPSA) is 77.8 Å². The second-order valence-electron chi connectivity index (χ2n) is 5.50. The van der Waals surface area contributed by atoms with E-state index in [9.17, 15) is 15.0 Å². The molecule has 1 aromatic carbocycles. The molecule has 0 aliphatic carbocycles. The number of rotatable bonds is 10. The molecule has 3 N–H and O–H groups in total. The van der Waals surface area contributed by atoms with Gasteiger partial charge in [-0.05, 0) is 24.5 Å². The number of carbonyl (C=O) groups is 1. The fourth-order valence-electron chi connectivity index (χ4n) is 2.45. The lowest BCUT2D eigenvalue weighted by Crippen LogP contribution is -1.98. The van der Waals surface area contributed by atoms with Gasteiger partial charge in [0.15, 0.2) is 11.5 Å². The van der Waals surface area contributed by atoms with Crippen molar-refractivity contribution in [1.29, 1.82) is 0 Å². The summed E-state index contributed by atoms with van der Waals surface area (Å²) in [6.45, 7) is 2.21. The number of carboxylic acid groups (broad SMARTS) is 1. The Kier molecular flexibility index (Phi) is 7.65. The van der Waals surface area contributed by atoms with E-state index in [2.05, 4.69) is 6.92 Å². The Bertz CT molecular complexity index is 454. The van der Waals surface area contributed by atoms with E-state index in [0.29, 0.717) is 12.0 Å². The van der Waals surface area contributed by atoms with E-state index >= 15 is 0 Å². The molecule has 0 saturated heterocycles. The molecular formula is C17H26O4. The van der Waals surface area contributed by atoms with E-state index in [4.69, 9.17) is 5.11 Å². The van der Waals surface area contributed by atoms with Crippen molar-refractivity contribution in [3.63, 3.8) is 0 Å². The highest BCUT2D eigenvalue weighted by Crippen LogP contribution is 2.33. The van der Waals surface area contributed by atoms with E-state index in [1.54, 1.807) is 6.07 Å². The molecule has 0 heterocycles. The van der Waals surface area contributed by atoms with Gasteiger partial charge >= 0.3 is 5.97 Å². The van der Waals surface area contributed by atoms with Gasteiger partial charge in [-0.15, -0.1) is 0 Å². The first-order valence-electron chi connectivity index (χ1n) is 7.85. The van der Waals surface area contributed by atoms with Gasteiger partial charge in [-0.2, -0.15) is 0 Å². The smallest absolute Gasteiger partial charge is 0.339 e. The van der Waals surface area contributed by atoms with Crippen LogP contribution in [0, 0.1) is 0 Å². The fourth-order valence-corrected chi connectivity index (χ4v) is 2.45. The maximum Gasteiger partial charge on any atom is 0.339 e. The summed E-state index contributed by atoms with van der Waals surface area (Å²) in [4.78, 5) is 10.8. The van der Waals surface area contributed by atoms with Crippen molar-refractivity contribution in [2.75, 3.05) is 0 Å². The minimum absolute atomic E-state index is 0.257. The summed E-state index contributed by atoms with van der Waals surface area (Å²) in [7, 11) is 0. The van der Waals surface area contributed by atoms with Crippen molar-refractivity contribution in [1.82, 2.24) is 0 Å². The number of unbranched alkanes of at least 4 members (excludes halogenated alkanes) is 7. The Balaban J connectivity index is 2.33. The van der Waals surface area contributed by atoms with Crippen molar-refractivity contribution in [3.05, 3.63) is 23.3 Å². The molecule has 21 heavy (non-hydrogen) atoms. The van der Waals surface area contributed by atoms with Crippen LogP contribution in [0.3, 0.4) is 0 Å². The second-order valence-corrected chi connectivity index (χ2v) is 5.50. The lowest BCUT2D eigenvalue weighted by Gasteiger charge is -2.08. The number of benzene rings is 1. The van der Waals surface area contributed by atoms with E-state index < -0.39 is 11.7 Å². The number of phenols is 2. The first kappa shape index (κ1) is 17.3. The molecule has 1 aromatic rings. The predicted octanol–water partition coefficient (Wildman–Crippen LogP) is 4.48. The van der Waals surface area contributed by atoms with Crippen molar-refractivity contribution < 1.29 is 20.1 Å². The monoisotopic (exact) mass is 294 g/mol. The molecule has 0 unspecified atom stereocenters. The zero-order chi connectivity index (χ0) is 15.7. The van der Waals surface area contributed by atoms with Crippen LogP contribution in [0.15, 0.2) is 12.1 Å². The number of hydrogen-bond donors (Lipinski definition) is 3. The highest BCUT2D eigenvalue weighted by Gasteiger charge is 2.15. The summed E-state index contributed by atoms with van der Waals surface area (Å²) >= 11 is 0. The maximum absolute atomic E-state index is 10.8. The van der Waals surface area contributed by atoms with Crippen LogP contribution < -0.4 is 0 Å². The van der Waals surface area contributed by atoms with E-state index in [0.717, 1.165) is 12.8 Å². The molecule has 0 amide bonds. The minimum atomic E-state index is -1.23. The number of aromatic carboxylic acids is 1. The van der Waals surface area contributed by atoms with Gasteiger partial charge in [-0.25, -0.2) is 4.79 Å². The van der Waals surface area contributed by atoms with Gasteiger partial charge in [-0.1, -0.05) is 57.9 Å². The Morgan fingerprint density at radius 2 is 1.48 bits per heavy atom. The molecule has 4 nitrogen and oxygen atoms in total. The van der Waals surface area contributed by atoms with Crippen molar-refractivity contribution in [2.45, 2.75) is 64.7 Å². The van der Waals surface area contributed by atoms with Crippen LogP contribution in [0.25, 0.3) is 0 Å². The van der Waals surface area contributed by atoms with Crippen LogP contribution in [0.1, 0.15) is 74.2 Å². The largest absolute Gasteiger partial charge is 0.504 e. The molecule has 0 aromatic heterocycles. The molecule has 0 aliphatic rings. The standard InChI is InChI=1S/C17H26O4/c1-2-3-4-5-6-7-8-9-10-13-11-12-14(17(20)21)16(19)15(13)18/h11-12,18-19H,2-10H2,1H3,(H,20,21). The average Bonchev–Trinajstić information content (AvgIpc) is 2.45. The Morgan fingerprint density at radius 1 is 0.905 bits per heavy atom. The summed E-state index contributed by atoms with van der Waals surface area (Å²) in [5, 5.41) is 28.3. The van der Waals surface area contributed by atoms with Gasteiger partial charge in [-0.3, -0.25) is 0 Å². The zero-order valence-corrected chi connectivity index (χ0v) is 12.8. The summed E-state index contributed by atoms with van der Waals surface area (Å²) in [6, 6.07) is 2.93. The van der Waals surface area contributed by atoms with Gasteiger partial charge in [0.1, 0.15) is 5.56 Å². The number of hydrogen-bond acceptors (Lipinski definition) is 3. The predicted molar refractivity (Wildman–Crippen MR) is 83.0 cm³/mol. The molecule has 0 atom stereocenters. The van der Waals surface area contributed by atoms with E-state index in [1.165, 1.54) is 44.6 Å². The Hall–Kier alpha value is -1.71. The fraction of sp³-hybridized carbons (Fsp3) is 0.588. The first-order chi connectivity index (χ1) is 10.1. The number of carboxylic acids is 1. The molecule has 4 heteroatoms. The van der Waals surface area contributed by atoms with Gasteiger partial charge in [0.25, 0.3) is 0 Å². The summed E-state index contributed by atoms with van der Waals surface area (Å²) in [6.07, 6.45) is 10.3. The van der Waals surface area contributed by atoms with Crippen LogP contribution in [-0.4, -0.2) is 21.3 Å². The Labute approximate surface area is 126 Å². The highest BCUT2D eigenvalue weighted by molar-refractivity contribution is 5.92. The number of aryl methyl sites for hydroxylation is 1. The van der Waals surface area contributed by atoms with Gasteiger partial charge in [0.2, 0.25) is 0 Å². The molecule has 0 fully saturated rings. The lowest BCUT2D eigenvalue weighted by atomic mass is 10.0.